The molecule has 1 amide bonds. The van der Waals surface area contributed by atoms with Gasteiger partial charge in [0.05, 0.1) is 19.1 Å². The Morgan fingerprint density at radius 1 is 1.38 bits per heavy atom. The summed E-state index contributed by atoms with van der Waals surface area (Å²) in [6, 6.07) is 2.59. The molecule has 0 spiro atoms. The predicted molar refractivity (Wildman–Crippen MR) is 69.8 cm³/mol. The lowest BCUT2D eigenvalue weighted by Crippen LogP contribution is -2.43. The standard InChI is InChI=1S/C12H14N2O7/c1-20-11(16)8(13-12(17)21-2)5-7-3-4-10(15)9(6-7)14(18)19/h3-4,6,8,15H,5H2,1-2H3,(H,13,17)/t8-/m0/s1. The van der Waals surface area contributed by atoms with Crippen LogP contribution in [0, 0.1) is 10.1 Å². The van der Waals surface area contributed by atoms with Gasteiger partial charge in [0.15, 0.2) is 5.75 Å². The third-order valence-corrected chi connectivity index (χ3v) is 2.64. The van der Waals surface area contributed by atoms with Crippen molar-refractivity contribution < 1.29 is 29.1 Å². The average molecular weight is 298 g/mol. The molecule has 0 saturated carbocycles. The Morgan fingerprint density at radius 2 is 2.05 bits per heavy atom. The van der Waals surface area contributed by atoms with Crippen molar-refractivity contribution in [2.75, 3.05) is 14.2 Å². The second-order valence-electron chi connectivity index (χ2n) is 4.00. The SMILES string of the molecule is COC(=O)N[C@@H](Cc1ccc(O)c([N+](=O)[O-])c1)C(=O)OC. The van der Waals surface area contributed by atoms with Crippen LogP contribution in [0.1, 0.15) is 5.56 Å². The largest absolute Gasteiger partial charge is 0.502 e. The number of hydrogen-bond donors (Lipinski definition) is 2. The van der Waals surface area contributed by atoms with Gasteiger partial charge in [0.1, 0.15) is 6.04 Å². The Kier molecular flexibility index (Phi) is 5.47. The molecular formula is C12H14N2O7. The fourth-order valence-corrected chi connectivity index (χ4v) is 1.61. The maximum atomic E-state index is 11.6. The van der Waals surface area contributed by atoms with Crippen LogP contribution < -0.4 is 5.32 Å². The fraction of sp³-hybridized carbons (Fsp3) is 0.333. The Labute approximate surface area is 119 Å². The van der Waals surface area contributed by atoms with Crippen molar-refractivity contribution in [2.24, 2.45) is 0 Å². The van der Waals surface area contributed by atoms with Gasteiger partial charge in [-0.05, 0) is 11.6 Å². The number of phenolic OH excluding ortho intramolecular Hbond substituents is 1. The van der Waals surface area contributed by atoms with Crippen molar-refractivity contribution in [3.05, 3.63) is 33.9 Å². The second-order valence-corrected chi connectivity index (χ2v) is 4.00. The predicted octanol–water partition coefficient (Wildman–Crippen LogP) is 0.740. The molecule has 0 saturated heterocycles. The summed E-state index contributed by atoms with van der Waals surface area (Å²) in [6.45, 7) is 0. The molecule has 1 rings (SSSR count). The molecule has 0 aliphatic carbocycles. The van der Waals surface area contributed by atoms with Gasteiger partial charge < -0.3 is 19.9 Å². The van der Waals surface area contributed by atoms with Crippen LogP contribution in [-0.4, -0.2) is 42.4 Å². The lowest BCUT2D eigenvalue weighted by Gasteiger charge is -2.15. The van der Waals surface area contributed by atoms with E-state index in [2.05, 4.69) is 14.8 Å². The molecule has 0 radical (unpaired) electrons. The first-order valence-electron chi connectivity index (χ1n) is 5.77. The van der Waals surface area contributed by atoms with E-state index < -0.39 is 34.5 Å². The van der Waals surface area contributed by atoms with Crippen molar-refractivity contribution in [3.8, 4) is 5.75 Å². The van der Waals surface area contributed by atoms with E-state index in [9.17, 15) is 24.8 Å². The van der Waals surface area contributed by atoms with E-state index in [-0.39, 0.29) is 6.42 Å². The van der Waals surface area contributed by atoms with E-state index in [1.54, 1.807) is 0 Å². The Morgan fingerprint density at radius 3 is 2.57 bits per heavy atom. The molecule has 1 aromatic carbocycles. The summed E-state index contributed by atoms with van der Waals surface area (Å²) in [5.41, 5.74) is -0.125. The third-order valence-electron chi connectivity index (χ3n) is 2.64. The van der Waals surface area contributed by atoms with Gasteiger partial charge in [0.25, 0.3) is 0 Å². The molecule has 0 heterocycles. The van der Waals surface area contributed by atoms with Gasteiger partial charge in [-0.1, -0.05) is 6.07 Å². The first-order valence-corrected chi connectivity index (χ1v) is 5.77. The number of phenols is 1. The molecule has 0 fully saturated rings. The maximum absolute atomic E-state index is 11.6. The number of nitro benzene ring substituents is 1. The normalized spacial score (nSPS) is 11.3. The van der Waals surface area contributed by atoms with E-state index in [4.69, 9.17) is 0 Å². The molecule has 9 heteroatoms. The number of carbonyl (C=O) groups excluding carboxylic acids is 2. The quantitative estimate of drug-likeness (QED) is 0.466. The van der Waals surface area contributed by atoms with Gasteiger partial charge in [0, 0.05) is 12.5 Å². The van der Waals surface area contributed by atoms with E-state index >= 15 is 0 Å². The van der Waals surface area contributed by atoms with Crippen LogP contribution in [0.5, 0.6) is 5.75 Å². The van der Waals surface area contributed by atoms with Crippen LogP contribution in [0.4, 0.5) is 10.5 Å². The molecule has 114 valence electrons. The topological polar surface area (TPSA) is 128 Å². The summed E-state index contributed by atoms with van der Waals surface area (Å²) < 4.78 is 8.93. The molecule has 1 aromatic rings. The molecule has 0 aliphatic heterocycles. The summed E-state index contributed by atoms with van der Waals surface area (Å²) in [6.07, 6.45) is -0.887. The van der Waals surface area contributed by atoms with E-state index in [0.717, 1.165) is 26.4 Å². The number of benzene rings is 1. The van der Waals surface area contributed by atoms with Crippen molar-refractivity contribution in [3.63, 3.8) is 0 Å². The minimum Gasteiger partial charge on any atom is -0.502 e. The molecule has 2 N–H and O–H groups in total. The molecule has 0 unspecified atom stereocenters. The Bertz CT molecular complexity index is 559. The van der Waals surface area contributed by atoms with Gasteiger partial charge in [-0.15, -0.1) is 0 Å². The second kappa shape index (κ2) is 7.08. The number of nitrogens with zero attached hydrogens (tertiary/aromatic N) is 1. The van der Waals surface area contributed by atoms with Crippen LogP contribution in [-0.2, 0) is 20.7 Å². The monoisotopic (exact) mass is 298 g/mol. The van der Waals surface area contributed by atoms with E-state index in [0.29, 0.717) is 5.56 Å². The minimum absolute atomic E-state index is 0.0527. The molecule has 0 aromatic heterocycles. The zero-order valence-electron chi connectivity index (χ0n) is 11.4. The van der Waals surface area contributed by atoms with Gasteiger partial charge in [0.2, 0.25) is 0 Å². The van der Waals surface area contributed by atoms with Gasteiger partial charge in [-0.25, -0.2) is 9.59 Å². The van der Waals surface area contributed by atoms with Gasteiger partial charge in [-0.2, -0.15) is 0 Å². The third kappa shape index (κ3) is 4.34. The zero-order chi connectivity index (χ0) is 16.0. The van der Waals surface area contributed by atoms with Crippen LogP contribution in [0.15, 0.2) is 18.2 Å². The van der Waals surface area contributed by atoms with Gasteiger partial charge in [-0.3, -0.25) is 10.1 Å². The summed E-state index contributed by atoms with van der Waals surface area (Å²) in [7, 11) is 2.28. The zero-order valence-corrected chi connectivity index (χ0v) is 11.4. The maximum Gasteiger partial charge on any atom is 0.407 e. The first kappa shape index (κ1) is 16.2. The number of aromatic hydroxyl groups is 1. The number of carbonyl (C=O) groups is 2. The number of nitrogens with one attached hydrogen (secondary N) is 1. The number of nitro groups is 1. The summed E-state index contributed by atoms with van der Waals surface area (Å²) in [5, 5.41) is 22.4. The van der Waals surface area contributed by atoms with Crippen molar-refractivity contribution >= 4 is 17.7 Å². The van der Waals surface area contributed by atoms with Crippen LogP contribution in [0.2, 0.25) is 0 Å². The smallest absolute Gasteiger partial charge is 0.407 e. The van der Waals surface area contributed by atoms with Crippen molar-refractivity contribution in [2.45, 2.75) is 12.5 Å². The number of amides is 1. The van der Waals surface area contributed by atoms with Crippen molar-refractivity contribution in [1.29, 1.82) is 0 Å². The number of methoxy groups -OCH3 is 2. The van der Waals surface area contributed by atoms with Crippen LogP contribution >= 0.6 is 0 Å². The highest BCUT2D eigenvalue weighted by molar-refractivity contribution is 5.81. The minimum atomic E-state index is -1.06. The van der Waals surface area contributed by atoms with Crippen LogP contribution in [0.3, 0.4) is 0 Å². The first-order chi connectivity index (χ1) is 9.88. The van der Waals surface area contributed by atoms with Crippen molar-refractivity contribution in [1.82, 2.24) is 5.32 Å². The summed E-state index contributed by atoms with van der Waals surface area (Å²) in [5.74, 6) is -1.21. The Hall–Kier alpha value is -2.84. The number of esters is 1. The molecule has 0 bridgehead atoms. The lowest BCUT2D eigenvalue weighted by molar-refractivity contribution is -0.385. The highest BCUT2D eigenvalue weighted by Crippen LogP contribution is 2.26. The number of ether oxygens (including phenoxy) is 2. The number of rotatable bonds is 5. The van der Waals surface area contributed by atoms with Gasteiger partial charge >= 0.3 is 17.7 Å². The molecule has 1 atom stereocenters. The molecule has 0 aliphatic rings. The van der Waals surface area contributed by atoms with E-state index in [1.165, 1.54) is 6.07 Å². The highest BCUT2D eigenvalue weighted by atomic mass is 16.6. The van der Waals surface area contributed by atoms with Crippen LogP contribution in [0.25, 0.3) is 0 Å². The lowest BCUT2D eigenvalue weighted by atomic mass is 10.0. The molecular weight excluding hydrogens is 284 g/mol. The number of hydrogen-bond acceptors (Lipinski definition) is 7. The summed E-state index contributed by atoms with van der Waals surface area (Å²) in [4.78, 5) is 32.7. The Balaban J connectivity index is 2.98. The van der Waals surface area contributed by atoms with E-state index in [1.807, 2.05) is 0 Å². The summed E-state index contributed by atoms with van der Waals surface area (Å²) >= 11 is 0. The average Bonchev–Trinajstić information content (AvgIpc) is 2.46. The molecule has 9 nitrogen and oxygen atoms in total. The number of alkyl carbamates (subject to hydrolysis) is 1. The fourth-order valence-electron chi connectivity index (χ4n) is 1.61. The molecule has 21 heavy (non-hydrogen) atoms. The highest BCUT2D eigenvalue weighted by Gasteiger charge is 2.24.